The van der Waals surface area contributed by atoms with Gasteiger partial charge in [0.1, 0.15) is 0 Å². The zero-order valence-electron chi connectivity index (χ0n) is 14.8. The van der Waals surface area contributed by atoms with E-state index in [1.807, 2.05) is 25.1 Å². The fraction of sp³-hybridized carbons (Fsp3) is 0.650. The summed E-state index contributed by atoms with van der Waals surface area (Å²) < 4.78 is 5.53. The number of hydrogen-bond acceptors (Lipinski definition) is 3. The molecule has 1 unspecified atom stereocenters. The Bertz CT molecular complexity index is 520. The van der Waals surface area contributed by atoms with Crippen LogP contribution in [0.4, 0.5) is 0 Å². The lowest BCUT2D eigenvalue weighted by Crippen LogP contribution is -2.47. The van der Waals surface area contributed by atoms with Crippen LogP contribution in [0.25, 0.3) is 0 Å². The molecule has 2 aliphatic rings. The number of likely N-dealkylation sites (tertiary alicyclic amines) is 1. The summed E-state index contributed by atoms with van der Waals surface area (Å²) in [6, 6.07) is 10.2. The Labute approximate surface area is 145 Å². The summed E-state index contributed by atoms with van der Waals surface area (Å²) in [5.41, 5.74) is 1.61. The van der Waals surface area contributed by atoms with E-state index in [0.717, 1.165) is 38.4 Å². The van der Waals surface area contributed by atoms with E-state index < -0.39 is 0 Å². The third kappa shape index (κ3) is 4.58. The van der Waals surface area contributed by atoms with Gasteiger partial charge in [-0.05, 0) is 50.1 Å². The average molecular weight is 330 g/mol. The van der Waals surface area contributed by atoms with Crippen LogP contribution in [0.1, 0.15) is 50.6 Å². The van der Waals surface area contributed by atoms with Crippen LogP contribution in [0.5, 0.6) is 0 Å². The summed E-state index contributed by atoms with van der Waals surface area (Å²) in [5, 5.41) is 3.12. The molecule has 1 amide bonds. The Balaban J connectivity index is 1.44. The molecular weight excluding hydrogens is 300 g/mol. The van der Waals surface area contributed by atoms with Gasteiger partial charge >= 0.3 is 0 Å². The number of nitrogens with one attached hydrogen (secondary N) is 1. The molecule has 2 aliphatic heterocycles. The predicted octanol–water partition coefficient (Wildman–Crippen LogP) is 3.15. The number of piperidine rings is 1. The van der Waals surface area contributed by atoms with Crippen molar-refractivity contribution in [3.63, 3.8) is 0 Å². The second kappa shape index (κ2) is 8.13. The van der Waals surface area contributed by atoms with Crippen molar-refractivity contribution in [2.45, 2.75) is 45.1 Å². The Hall–Kier alpha value is -1.39. The molecule has 0 bridgehead atoms. The second-order valence-corrected chi connectivity index (χ2v) is 7.44. The molecule has 1 N–H and O–H groups in total. The summed E-state index contributed by atoms with van der Waals surface area (Å²) in [5.74, 6) is 0.151. The highest BCUT2D eigenvalue weighted by Gasteiger charge is 2.36. The minimum atomic E-state index is 0.0712. The first kappa shape index (κ1) is 17.4. The van der Waals surface area contributed by atoms with Crippen molar-refractivity contribution < 1.29 is 9.53 Å². The van der Waals surface area contributed by atoms with Gasteiger partial charge in [-0.3, -0.25) is 4.79 Å². The number of rotatable bonds is 5. The van der Waals surface area contributed by atoms with E-state index in [-0.39, 0.29) is 11.9 Å². The van der Waals surface area contributed by atoms with Gasteiger partial charge in [0.15, 0.2) is 0 Å². The Morgan fingerprint density at radius 1 is 1.25 bits per heavy atom. The van der Waals surface area contributed by atoms with Gasteiger partial charge in [0.2, 0.25) is 5.91 Å². The van der Waals surface area contributed by atoms with Crippen LogP contribution < -0.4 is 5.32 Å². The van der Waals surface area contributed by atoms with Crippen molar-refractivity contribution >= 4 is 5.91 Å². The molecule has 2 heterocycles. The van der Waals surface area contributed by atoms with Crippen molar-refractivity contribution in [3.8, 4) is 0 Å². The molecule has 1 atom stereocenters. The smallest absolute Gasteiger partial charge is 0.221 e. The quantitative estimate of drug-likeness (QED) is 0.902. The summed E-state index contributed by atoms with van der Waals surface area (Å²) in [7, 11) is 0. The molecule has 24 heavy (non-hydrogen) atoms. The molecule has 0 radical (unpaired) electrons. The van der Waals surface area contributed by atoms with Crippen molar-refractivity contribution in [2.24, 2.45) is 5.41 Å². The van der Waals surface area contributed by atoms with E-state index in [1.165, 1.54) is 25.7 Å². The molecule has 4 heteroatoms. The first-order valence-electron chi connectivity index (χ1n) is 9.31. The van der Waals surface area contributed by atoms with Crippen LogP contribution in [0.2, 0.25) is 0 Å². The van der Waals surface area contributed by atoms with Crippen LogP contribution in [0, 0.1) is 5.41 Å². The molecule has 2 fully saturated rings. The lowest BCUT2D eigenvalue weighted by molar-refractivity contribution is -0.122. The third-order valence-corrected chi connectivity index (χ3v) is 5.63. The molecule has 2 saturated heterocycles. The molecule has 1 spiro atoms. The predicted molar refractivity (Wildman–Crippen MR) is 95.8 cm³/mol. The van der Waals surface area contributed by atoms with Crippen molar-refractivity contribution in [3.05, 3.63) is 35.9 Å². The van der Waals surface area contributed by atoms with Crippen LogP contribution in [0.3, 0.4) is 0 Å². The minimum absolute atomic E-state index is 0.0712. The number of carbonyl (C=O) groups excluding carboxylic acids is 1. The van der Waals surface area contributed by atoms with Crippen LogP contribution >= 0.6 is 0 Å². The highest BCUT2D eigenvalue weighted by Crippen LogP contribution is 2.39. The molecule has 0 aliphatic carbocycles. The number of ether oxygens (including phenoxy) is 1. The van der Waals surface area contributed by atoms with Gasteiger partial charge in [-0.25, -0.2) is 0 Å². The Kier molecular flexibility index (Phi) is 5.90. The van der Waals surface area contributed by atoms with Crippen LogP contribution in [-0.4, -0.2) is 43.7 Å². The van der Waals surface area contributed by atoms with Crippen LogP contribution in [-0.2, 0) is 9.53 Å². The third-order valence-electron chi connectivity index (χ3n) is 5.63. The molecule has 1 aromatic carbocycles. The summed E-state index contributed by atoms with van der Waals surface area (Å²) >= 11 is 0. The van der Waals surface area contributed by atoms with Gasteiger partial charge in [0, 0.05) is 32.7 Å². The van der Waals surface area contributed by atoms with E-state index in [1.54, 1.807) is 0 Å². The monoisotopic (exact) mass is 330 g/mol. The molecule has 132 valence electrons. The topological polar surface area (TPSA) is 41.6 Å². The second-order valence-electron chi connectivity index (χ2n) is 7.44. The highest BCUT2D eigenvalue weighted by molar-refractivity contribution is 5.76. The number of hydrogen-bond donors (Lipinski definition) is 1. The van der Waals surface area contributed by atoms with Crippen molar-refractivity contribution in [1.29, 1.82) is 0 Å². The summed E-state index contributed by atoms with van der Waals surface area (Å²) in [6.07, 6.45) is 5.53. The van der Waals surface area contributed by atoms with Gasteiger partial charge < -0.3 is 15.0 Å². The zero-order valence-corrected chi connectivity index (χ0v) is 14.8. The number of nitrogens with zero attached hydrogens (tertiary/aromatic N) is 1. The number of carbonyl (C=O) groups is 1. The lowest BCUT2D eigenvalue weighted by Gasteiger charge is -2.45. The fourth-order valence-electron chi connectivity index (χ4n) is 4.11. The zero-order chi connectivity index (χ0) is 16.8. The minimum Gasteiger partial charge on any atom is -0.381 e. The number of benzene rings is 1. The first-order chi connectivity index (χ1) is 11.7. The highest BCUT2D eigenvalue weighted by atomic mass is 16.5. The standard InChI is InChI=1S/C20H30N2O2/c1-17(18-6-3-2-4-7-18)21-19(23)8-13-22-12-5-9-20(16-22)10-14-24-15-11-20/h2-4,6-7,17H,5,8-16H2,1H3,(H,21,23). The maximum Gasteiger partial charge on any atom is 0.221 e. The molecular formula is C20H30N2O2. The lowest BCUT2D eigenvalue weighted by atomic mass is 9.74. The largest absolute Gasteiger partial charge is 0.381 e. The van der Waals surface area contributed by atoms with E-state index in [4.69, 9.17) is 4.74 Å². The average Bonchev–Trinajstić information content (AvgIpc) is 2.61. The summed E-state index contributed by atoms with van der Waals surface area (Å²) in [6.45, 7) is 6.99. The first-order valence-corrected chi connectivity index (χ1v) is 9.31. The Morgan fingerprint density at radius 3 is 2.75 bits per heavy atom. The van der Waals surface area contributed by atoms with E-state index in [9.17, 15) is 4.79 Å². The molecule has 1 aromatic rings. The van der Waals surface area contributed by atoms with Crippen LogP contribution in [0.15, 0.2) is 30.3 Å². The maximum absolute atomic E-state index is 12.3. The van der Waals surface area contributed by atoms with E-state index >= 15 is 0 Å². The van der Waals surface area contributed by atoms with Crippen molar-refractivity contribution in [1.82, 2.24) is 10.2 Å². The fourth-order valence-corrected chi connectivity index (χ4v) is 4.11. The van der Waals surface area contributed by atoms with Gasteiger partial charge in [-0.15, -0.1) is 0 Å². The Morgan fingerprint density at radius 2 is 2.00 bits per heavy atom. The molecule has 4 nitrogen and oxygen atoms in total. The maximum atomic E-state index is 12.3. The summed E-state index contributed by atoms with van der Waals surface area (Å²) in [4.78, 5) is 14.8. The molecule has 0 saturated carbocycles. The van der Waals surface area contributed by atoms with Crippen molar-refractivity contribution in [2.75, 3.05) is 32.8 Å². The normalized spacial score (nSPS) is 22.2. The molecule has 0 aromatic heterocycles. The number of amides is 1. The van der Waals surface area contributed by atoms with Gasteiger partial charge in [0.25, 0.3) is 0 Å². The van der Waals surface area contributed by atoms with E-state index in [2.05, 4.69) is 22.3 Å². The van der Waals surface area contributed by atoms with Gasteiger partial charge in [0.05, 0.1) is 6.04 Å². The van der Waals surface area contributed by atoms with E-state index in [0.29, 0.717) is 11.8 Å². The van der Waals surface area contributed by atoms with Gasteiger partial charge in [-0.2, -0.15) is 0 Å². The van der Waals surface area contributed by atoms with Gasteiger partial charge in [-0.1, -0.05) is 30.3 Å². The SMILES string of the molecule is CC(NC(=O)CCN1CCCC2(CCOCC2)C1)c1ccccc1. The molecule has 3 rings (SSSR count).